The molecule has 0 fully saturated rings. The molecule has 0 unspecified atom stereocenters. The van der Waals surface area contributed by atoms with Crippen LogP contribution in [0.2, 0.25) is 0 Å². The number of carboxylic acid groups (broad SMARTS) is 1. The number of ether oxygens (including phenoxy) is 2. The Hall–Kier alpha value is -2.37. The summed E-state index contributed by atoms with van der Waals surface area (Å²) in [5.74, 6) is -3.27. The predicted octanol–water partition coefficient (Wildman–Crippen LogP) is 4.20. The molecule has 13 heteroatoms. The molecule has 0 saturated heterocycles. The van der Waals surface area contributed by atoms with Crippen LogP contribution >= 0.6 is 58.4 Å². The van der Waals surface area contributed by atoms with Crippen LogP contribution in [0.3, 0.4) is 0 Å². The van der Waals surface area contributed by atoms with Crippen molar-refractivity contribution in [1.29, 1.82) is 5.26 Å². The first kappa shape index (κ1) is 24.9. The maximum absolute atomic E-state index is 12.2. The number of benzene rings is 1. The number of carbonyl (C=O) groups excluding carboxylic acids is 2. The zero-order valence-electron chi connectivity index (χ0n) is 15.6. The van der Waals surface area contributed by atoms with Crippen LogP contribution in [0.1, 0.15) is 5.56 Å². The first-order valence-electron chi connectivity index (χ1n) is 8.08. The third-order valence-electron chi connectivity index (χ3n) is 3.23. The monoisotopic (exact) mass is 515 g/mol. The maximum Gasteiger partial charge on any atom is 0.356 e. The minimum atomic E-state index is -1.11. The molecule has 1 aromatic carbocycles. The van der Waals surface area contributed by atoms with Crippen molar-refractivity contribution in [2.45, 2.75) is 8.42 Å². The lowest BCUT2D eigenvalue weighted by molar-refractivity contribution is -0.154. The number of hydrogen-bond acceptors (Lipinski definition) is 12. The molecule has 8 nitrogen and oxygen atoms in total. The molecule has 162 valence electrons. The number of carbonyl (C=O) groups is 3. The molecule has 1 aromatic heterocycles. The molecular formula is C18H13NO7S5. The van der Waals surface area contributed by atoms with Crippen molar-refractivity contribution in [2.24, 2.45) is 0 Å². The smallest absolute Gasteiger partial charge is 0.356 e. The number of aromatic hydroxyl groups is 1. The molecule has 0 bridgehead atoms. The van der Waals surface area contributed by atoms with Crippen LogP contribution in [0.5, 0.6) is 11.5 Å². The molecule has 2 N–H and O–H groups in total. The molecule has 0 aliphatic carbocycles. The Bertz CT molecular complexity index is 1130. The third kappa shape index (κ3) is 7.67. The van der Waals surface area contributed by atoms with Gasteiger partial charge in [0.2, 0.25) is 0 Å². The molecule has 2 aromatic rings. The summed E-state index contributed by atoms with van der Waals surface area (Å²) in [6, 6.07) is 5.89. The Kier molecular flexibility index (Phi) is 9.53. The Labute approximate surface area is 198 Å². The SMILES string of the molecule is COc1cc(/C=C(\C#N)C(=O)OC(=O)CSc2sc(=S)sc2SCC(=O)O)ccc1O. The number of rotatable bonds is 9. The number of phenols is 1. The Morgan fingerprint density at radius 1 is 1.23 bits per heavy atom. The largest absolute Gasteiger partial charge is 0.504 e. The number of nitrogens with zero attached hydrogens (tertiary/aromatic N) is 1. The van der Waals surface area contributed by atoms with E-state index in [0.717, 1.165) is 23.5 Å². The normalized spacial score (nSPS) is 10.9. The Morgan fingerprint density at radius 3 is 2.45 bits per heavy atom. The van der Waals surface area contributed by atoms with Gasteiger partial charge in [-0.3, -0.25) is 9.59 Å². The van der Waals surface area contributed by atoms with Gasteiger partial charge < -0.3 is 19.7 Å². The Morgan fingerprint density at radius 2 is 1.87 bits per heavy atom. The van der Waals surface area contributed by atoms with Gasteiger partial charge >= 0.3 is 17.9 Å². The van der Waals surface area contributed by atoms with Crippen LogP contribution < -0.4 is 4.74 Å². The standard InChI is InChI=1S/C18H13NO7S5/c1-25-12-5-9(2-3-11(12)20)4-10(6-19)15(24)26-14(23)8-29-17-16(28-7-13(21)22)30-18(27)31-17/h2-5,20H,7-8H2,1H3,(H,21,22)/b10-4+. The van der Waals surface area contributed by atoms with E-state index < -0.39 is 23.5 Å². The van der Waals surface area contributed by atoms with E-state index in [-0.39, 0.29) is 23.0 Å². The van der Waals surface area contributed by atoms with E-state index in [0.29, 0.717) is 17.1 Å². The van der Waals surface area contributed by atoms with Crippen molar-refractivity contribution in [3.8, 4) is 17.6 Å². The van der Waals surface area contributed by atoms with Crippen molar-refractivity contribution >= 4 is 82.4 Å². The van der Waals surface area contributed by atoms with E-state index in [1.807, 2.05) is 0 Å². The number of methoxy groups -OCH3 is 1. The molecule has 31 heavy (non-hydrogen) atoms. The highest BCUT2D eigenvalue weighted by atomic mass is 32.2. The number of aliphatic carboxylic acids is 1. The zero-order valence-corrected chi connectivity index (χ0v) is 19.7. The number of carboxylic acids is 1. The van der Waals surface area contributed by atoms with Crippen molar-refractivity contribution in [3.05, 3.63) is 32.5 Å². The van der Waals surface area contributed by atoms with E-state index in [1.54, 1.807) is 6.07 Å². The first-order chi connectivity index (χ1) is 14.7. The van der Waals surface area contributed by atoms with Gasteiger partial charge in [0.05, 0.1) is 27.0 Å². The second-order valence-electron chi connectivity index (χ2n) is 5.36. The lowest BCUT2D eigenvalue weighted by Gasteiger charge is -2.05. The Balaban J connectivity index is 2.02. The fourth-order valence-electron chi connectivity index (χ4n) is 1.96. The zero-order chi connectivity index (χ0) is 23.0. The van der Waals surface area contributed by atoms with Gasteiger partial charge in [0.1, 0.15) is 14.8 Å². The van der Waals surface area contributed by atoms with Gasteiger partial charge in [-0.15, -0.1) is 46.2 Å². The fourth-order valence-corrected chi connectivity index (χ4v) is 7.56. The summed E-state index contributed by atoms with van der Waals surface area (Å²) in [6.07, 6.45) is 1.20. The van der Waals surface area contributed by atoms with E-state index in [4.69, 9.17) is 26.8 Å². The number of phenolic OH excluding ortho intramolecular Hbond substituents is 1. The molecule has 0 saturated carbocycles. The molecular weight excluding hydrogens is 503 g/mol. The van der Waals surface area contributed by atoms with Crippen molar-refractivity contribution in [3.63, 3.8) is 0 Å². The molecule has 0 amide bonds. The molecule has 0 aliphatic heterocycles. The van der Waals surface area contributed by atoms with Crippen LogP contribution in [0.25, 0.3) is 6.08 Å². The van der Waals surface area contributed by atoms with Crippen LogP contribution in [0.15, 0.2) is 32.2 Å². The molecule has 0 atom stereocenters. The summed E-state index contributed by atoms with van der Waals surface area (Å²) in [7, 11) is 1.35. The van der Waals surface area contributed by atoms with Gasteiger partial charge in [0.25, 0.3) is 0 Å². The van der Waals surface area contributed by atoms with E-state index >= 15 is 0 Å². The van der Waals surface area contributed by atoms with E-state index in [1.165, 1.54) is 54.1 Å². The van der Waals surface area contributed by atoms with Gasteiger partial charge in [-0.25, -0.2) is 4.79 Å². The molecule has 0 aliphatic rings. The van der Waals surface area contributed by atoms with E-state index in [2.05, 4.69) is 0 Å². The van der Waals surface area contributed by atoms with Crippen molar-refractivity contribution in [1.82, 2.24) is 0 Å². The summed E-state index contributed by atoms with van der Waals surface area (Å²) in [4.78, 5) is 35.0. The first-order valence-corrected chi connectivity index (χ1v) is 12.1. The average Bonchev–Trinajstić information content (AvgIpc) is 3.09. The van der Waals surface area contributed by atoms with Gasteiger partial charge in [0, 0.05) is 0 Å². The van der Waals surface area contributed by atoms with E-state index in [9.17, 15) is 24.8 Å². The number of esters is 2. The molecule has 2 rings (SSSR count). The summed E-state index contributed by atoms with van der Waals surface area (Å²) in [5, 5.41) is 27.6. The average molecular weight is 516 g/mol. The summed E-state index contributed by atoms with van der Waals surface area (Å²) in [6.45, 7) is 0. The van der Waals surface area contributed by atoms with Gasteiger partial charge in [-0.1, -0.05) is 18.3 Å². The van der Waals surface area contributed by atoms with Crippen LogP contribution in [-0.4, -0.2) is 46.7 Å². The quantitative estimate of drug-likeness (QED) is 0.124. The van der Waals surface area contributed by atoms with Gasteiger partial charge in [-0.05, 0) is 23.8 Å². The highest BCUT2D eigenvalue weighted by Crippen LogP contribution is 2.40. The highest BCUT2D eigenvalue weighted by molar-refractivity contribution is 8.05. The second kappa shape index (κ2) is 11.9. The maximum atomic E-state index is 12.2. The predicted molar refractivity (Wildman–Crippen MR) is 121 cm³/mol. The highest BCUT2D eigenvalue weighted by Gasteiger charge is 2.18. The topological polar surface area (TPSA) is 134 Å². The van der Waals surface area contributed by atoms with Crippen molar-refractivity contribution < 1.29 is 34.1 Å². The molecule has 0 spiro atoms. The molecule has 0 radical (unpaired) electrons. The lowest BCUT2D eigenvalue weighted by atomic mass is 10.1. The van der Waals surface area contributed by atoms with Crippen molar-refractivity contribution in [2.75, 3.05) is 18.6 Å². The summed E-state index contributed by atoms with van der Waals surface area (Å²) < 4.78 is 11.6. The third-order valence-corrected chi connectivity index (χ3v) is 8.77. The van der Waals surface area contributed by atoms with Gasteiger partial charge in [-0.2, -0.15) is 5.26 Å². The minimum Gasteiger partial charge on any atom is -0.504 e. The lowest BCUT2D eigenvalue weighted by Crippen LogP contribution is -2.15. The number of hydrogen-bond donors (Lipinski definition) is 2. The summed E-state index contributed by atoms with van der Waals surface area (Å²) in [5.41, 5.74) is -0.0156. The minimum absolute atomic E-state index is 0.106. The summed E-state index contributed by atoms with van der Waals surface area (Å²) >= 11 is 9.77. The van der Waals surface area contributed by atoms with Gasteiger partial charge in [0.15, 0.2) is 11.5 Å². The molecule has 1 heterocycles. The fraction of sp³-hybridized carbons (Fsp3) is 0.167. The second-order valence-corrected chi connectivity index (χ2v) is 11.1. The number of thioether (sulfide) groups is 2. The van der Waals surface area contributed by atoms with Crippen LogP contribution in [0.4, 0.5) is 0 Å². The number of nitriles is 1. The van der Waals surface area contributed by atoms with Crippen LogP contribution in [-0.2, 0) is 19.1 Å². The van der Waals surface area contributed by atoms with Crippen LogP contribution in [0, 0.1) is 14.5 Å².